The Labute approximate surface area is 49.5 Å². The summed E-state index contributed by atoms with van der Waals surface area (Å²) in [6.07, 6.45) is 5.67. The minimum Gasteiger partial charge on any atom is -0.241 e. The number of rotatable bonds is 3. The third-order valence-corrected chi connectivity index (χ3v) is 0.700. The summed E-state index contributed by atoms with van der Waals surface area (Å²) < 4.78 is 0. The van der Waals surface area contributed by atoms with E-state index >= 15 is 0 Å². The Morgan fingerprint density at radius 1 is 1.75 bits per heavy atom. The Morgan fingerprint density at radius 2 is 2.50 bits per heavy atom. The molecule has 0 bridgehead atoms. The maximum Gasteiger partial charge on any atom is 0.0911 e. The molecule has 44 valence electrons. The van der Waals surface area contributed by atoms with Crippen molar-refractivity contribution in [1.82, 2.24) is 0 Å². The average Bonchev–Trinajstić information content (AvgIpc) is 1.81. The normalized spacial score (nSPS) is 9.12. The topological polar surface area (TPSA) is 36.2 Å². The van der Waals surface area contributed by atoms with Gasteiger partial charge in [0.1, 0.15) is 0 Å². The Hall–Kier alpha value is -0.880. The predicted molar refractivity (Wildman–Crippen MR) is 34.2 cm³/mol. The number of allylic oxidation sites excluding steroid dienone is 1. The van der Waals surface area contributed by atoms with Crippen LogP contribution >= 0.6 is 0 Å². The molecule has 0 aliphatic heterocycles. The molecule has 0 saturated carbocycles. The second kappa shape index (κ2) is 6.12. The fraction of sp³-hybridized carbons (Fsp3) is 0.500. The Morgan fingerprint density at radius 3 is 3.00 bits per heavy atom. The molecule has 0 spiro atoms. The van der Waals surface area contributed by atoms with Crippen LogP contribution in [0.1, 0.15) is 19.8 Å². The van der Waals surface area contributed by atoms with Gasteiger partial charge in [-0.25, -0.2) is 5.41 Å². The zero-order chi connectivity index (χ0) is 6.24. The van der Waals surface area contributed by atoms with Crippen LogP contribution in [-0.2, 0) is 0 Å². The van der Waals surface area contributed by atoms with E-state index in [4.69, 9.17) is 5.41 Å². The molecule has 0 unspecified atom stereocenters. The van der Waals surface area contributed by atoms with Crippen LogP contribution in [0.4, 0.5) is 0 Å². The zero-order valence-corrected chi connectivity index (χ0v) is 5.02. The molecule has 0 aromatic heterocycles. The standard InChI is InChI=1S/C6H10N2/c1-2-3-4-5-8-6-7/h4-5,7H,2-3H2,1H3. The number of nitrogens with one attached hydrogen (secondary N) is 1. The van der Waals surface area contributed by atoms with Crippen LogP contribution in [-0.4, -0.2) is 6.01 Å². The SMILES string of the molecule is CCCC=CN=C=N. The van der Waals surface area contributed by atoms with Crippen LogP contribution in [0.2, 0.25) is 0 Å². The van der Waals surface area contributed by atoms with Gasteiger partial charge in [-0.15, -0.1) is 0 Å². The van der Waals surface area contributed by atoms with Crippen LogP contribution in [0.25, 0.3) is 0 Å². The van der Waals surface area contributed by atoms with Crippen molar-refractivity contribution in [3.8, 4) is 0 Å². The molecule has 2 heteroatoms. The molecule has 1 N–H and O–H groups in total. The molecule has 2 nitrogen and oxygen atoms in total. The van der Waals surface area contributed by atoms with E-state index in [1.54, 1.807) is 6.20 Å². The van der Waals surface area contributed by atoms with Gasteiger partial charge in [-0.1, -0.05) is 19.4 Å². The molecule has 8 heavy (non-hydrogen) atoms. The van der Waals surface area contributed by atoms with Crippen molar-refractivity contribution in [3.05, 3.63) is 12.3 Å². The highest BCUT2D eigenvalue weighted by molar-refractivity contribution is 5.37. The van der Waals surface area contributed by atoms with Gasteiger partial charge in [0.25, 0.3) is 0 Å². The zero-order valence-electron chi connectivity index (χ0n) is 5.02. The number of unbranched alkanes of at least 4 members (excludes halogenated alkanes) is 1. The molecule has 0 fully saturated rings. The summed E-state index contributed by atoms with van der Waals surface area (Å²) >= 11 is 0. The molecule has 0 saturated heterocycles. The highest BCUT2D eigenvalue weighted by Crippen LogP contribution is 1.86. The van der Waals surface area contributed by atoms with Crippen molar-refractivity contribution < 1.29 is 0 Å². The predicted octanol–water partition coefficient (Wildman–Crippen LogP) is 2.05. The van der Waals surface area contributed by atoms with Gasteiger partial charge in [0.2, 0.25) is 0 Å². The average molecular weight is 110 g/mol. The van der Waals surface area contributed by atoms with Crippen molar-refractivity contribution >= 4 is 6.01 Å². The first kappa shape index (κ1) is 7.12. The van der Waals surface area contributed by atoms with E-state index in [2.05, 4.69) is 11.9 Å². The second-order valence-corrected chi connectivity index (χ2v) is 1.41. The van der Waals surface area contributed by atoms with Crippen molar-refractivity contribution in [2.24, 2.45) is 4.99 Å². The highest BCUT2D eigenvalue weighted by atomic mass is 14.7. The second-order valence-electron chi connectivity index (χ2n) is 1.41. The van der Waals surface area contributed by atoms with Crippen LogP contribution < -0.4 is 0 Å². The maximum absolute atomic E-state index is 6.37. The van der Waals surface area contributed by atoms with E-state index in [1.165, 1.54) is 0 Å². The quantitative estimate of drug-likeness (QED) is 0.540. The maximum atomic E-state index is 6.37. The lowest BCUT2D eigenvalue weighted by atomic mass is 10.3. The van der Waals surface area contributed by atoms with Gasteiger partial charge in [-0.2, -0.15) is 4.99 Å². The van der Waals surface area contributed by atoms with E-state index in [0.717, 1.165) is 12.8 Å². The number of aliphatic imine (C=N–C) groups is 1. The molecule has 0 aliphatic rings. The Kier molecular flexibility index (Phi) is 5.45. The summed E-state index contributed by atoms with van der Waals surface area (Å²) in [4.78, 5) is 3.45. The fourth-order valence-corrected chi connectivity index (χ4v) is 0.331. The van der Waals surface area contributed by atoms with Crippen LogP contribution in [0.3, 0.4) is 0 Å². The molecule has 0 heterocycles. The Bertz CT molecular complexity index is 110. The highest BCUT2D eigenvalue weighted by Gasteiger charge is 1.67. The molecule has 0 aromatic carbocycles. The molecule has 0 rings (SSSR count). The summed E-state index contributed by atoms with van der Waals surface area (Å²) in [5.41, 5.74) is 0. The largest absolute Gasteiger partial charge is 0.241 e. The van der Waals surface area contributed by atoms with Crippen molar-refractivity contribution in [3.63, 3.8) is 0 Å². The van der Waals surface area contributed by atoms with Crippen LogP contribution in [0, 0.1) is 5.41 Å². The third-order valence-electron chi connectivity index (χ3n) is 0.700. The molecule has 0 radical (unpaired) electrons. The molecule has 0 aliphatic carbocycles. The fourth-order valence-electron chi connectivity index (χ4n) is 0.331. The molecule has 0 amide bonds. The van der Waals surface area contributed by atoms with Gasteiger partial charge in [0.05, 0.1) is 6.01 Å². The van der Waals surface area contributed by atoms with Gasteiger partial charge in [0.15, 0.2) is 0 Å². The van der Waals surface area contributed by atoms with Crippen LogP contribution in [0.15, 0.2) is 17.3 Å². The first-order chi connectivity index (χ1) is 3.91. The van der Waals surface area contributed by atoms with E-state index in [1.807, 2.05) is 12.1 Å². The van der Waals surface area contributed by atoms with E-state index in [9.17, 15) is 0 Å². The van der Waals surface area contributed by atoms with Crippen molar-refractivity contribution in [2.45, 2.75) is 19.8 Å². The van der Waals surface area contributed by atoms with E-state index in [-0.39, 0.29) is 0 Å². The molecular weight excluding hydrogens is 100 g/mol. The van der Waals surface area contributed by atoms with Gasteiger partial charge < -0.3 is 0 Å². The minimum atomic E-state index is 1.03. The monoisotopic (exact) mass is 110 g/mol. The molecule has 0 atom stereocenters. The number of hydrogen-bond acceptors (Lipinski definition) is 2. The van der Waals surface area contributed by atoms with E-state index in [0.29, 0.717) is 0 Å². The third kappa shape index (κ3) is 5.12. The smallest absolute Gasteiger partial charge is 0.0911 e. The summed E-state index contributed by atoms with van der Waals surface area (Å²) in [5.74, 6) is 0. The van der Waals surface area contributed by atoms with Gasteiger partial charge >= 0.3 is 0 Å². The Balaban J connectivity index is 3.20. The minimum absolute atomic E-state index is 1.03. The van der Waals surface area contributed by atoms with E-state index < -0.39 is 0 Å². The van der Waals surface area contributed by atoms with Crippen molar-refractivity contribution in [2.75, 3.05) is 0 Å². The lowest BCUT2D eigenvalue weighted by Gasteiger charge is -1.76. The lowest BCUT2D eigenvalue weighted by Crippen LogP contribution is -1.57. The lowest BCUT2D eigenvalue weighted by molar-refractivity contribution is 0.956. The summed E-state index contributed by atoms with van der Waals surface area (Å²) in [6, 6.07) is 1.91. The van der Waals surface area contributed by atoms with Gasteiger partial charge in [-0.05, 0) is 6.42 Å². The van der Waals surface area contributed by atoms with Gasteiger partial charge in [-0.3, -0.25) is 0 Å². The first-order valence-corrected chi connectivity index (χ1v) is 2.68. The van der Waals surface area contributed by atoms with Gasteiger partial charge in [0, 0.05) is 6.20 Å². The van der Waals surface area contributed by atoms with Crippen molar-refractivity contribution in [1.29, 1.82) is 5.41 Å². The molecule has 0 aromatic rings. The number of hydrogen-bond donors (Lipinski definition) is 1. The molecular formula is C6H10N2. The first-order valence-electron chi connectivity index (χ1n) is 2.68. The summed E-state index contributed by atoms with van der Waals surface area (Å²) in [7, 11) is 0. The number of nitrogens with zero attached hydrogens (tertiary/aromatic N) is 1. The van der Waals surface area contributed by atoms with Crippen LogP contribution in [0.5, 0.6) is 0 Å². The summed E-state index contributed by atoms with van der Waals surface area (Å²) in [6.45, 7) is 2.10. The summed E-state index contributed by atoms with van der Waals surface area (Å²) in [5, 5.41) is 6.37.